The predicted octanol–water partition coefficient (Wildman–Crippen LogP) is 3.09. The van der Waals surface area contributed by atoms with E-state index in [1.165, 1.54) is 11.8 Å². The van der Waals surface area contributed by atoms with E-state index in [2.05, 4.69) is 38.0 Å². The highest BCUT2D eigenvalue weighted by Crippen LogP contribution is 2.43. The number of amides is 2. The number of carbonyl (C=O) groups excluding carboxylic acids is 2. The molecule has 2 amide bonds. The molecule has 0 spiro atoms. The van der Waals surface area contributed by atoms with Crippen molar-refractivity contribution in [3.63, 3.8) is 0 Å². The number of anilines is 1. The van der Waals surface area contributed by atoms with Crippen LogP contribution in [-0.2, 0) is 4.79 Å². The molecule has 0 radical (unpaired) electrons. The Kier molecular flexibility index (Phi) is 5.71. The lowest BCUT2D eigenvalue weighted by atomic mass is 9.92. The highest BCUT2D eigenvalue weighted by atomic mass is 32.2. The van der Waals surface area contributed by atoms with Gasteiger partial charge in [0.15, 0.2) is 0 Å². The van der Waals surface area contributed by atoms with Crippen LogP contribution in [0.1, 0.15) is 34.6 Å². The average molecular weight is 412 g/mol. The van der Waals surface area contributed by atoms with Crippen LogP contribution in [0.2, 0.25) is 0 Å². The number of nitrogens with one attached hydrogen (secondary N) is 3. The lowest BCUT2D eigenvalue weighted by molar-refractivity contribution is -0.120. The molecule has 29 heavy (non-hydrogen) atoms. The monoisotopic (exact) mass is 411 g/mol. The molecule has 2 aliphatic carbocycles. The van der Waals surface area contributed by atoms with Gasteiger partial charge in [0.05, 0.1) is 0 Å². The Morgan fingerprint density at radius 3 is 2.79 bits per heavy atom. The first-order chi connectivity index (χ1) is 14.0. The third kappa shape index (κ3) is 4.53. The number of aromatic amines is 1. The first kappa shape index (κ1) is 19.7. The number of fused-ring (bicyclic) bond motifs is 2. The summed E-state index contributed by atoms with van der Waals surface area (Å²) < 4.78 is 0. The molecule has 0 aliphatic heterocycles. The summed E-state index contributed by atoms with van der Waals surface area (Å²) in [5, 5.41) is 13.5. The number of hydrogen-bond donors (Lipinski definition) is 3. The number of H-pyrrole nitrogens is 1. The summed E-state index contributed by atoms with van der Waals surface area (Å²) in [6, 6.07) is 5.42. The van der Waals surface area contributed by atoms with Crippen molar-refractivity contribution >= 4 is 29.3 Å². The Morgan fingerprint density at radius 1 is 1.24 bits per heavy atom. The zero-order valence-corrected chi connectivity index (χ0v) is 17.4. The molecule has 8 heteroatoms. The second-order valence-electron chi connectivity index (χ2n) is 7.71. The van der Waals surface area contributed by atoms with Crippen LogP contribution >= 0.6 is 11.8 Å². The van der Waals surface area contributed by atoms with E-state index in [0.717, 1.165) is 24.2 Å². The number of rotatable bonds is 7. The van der Waals surface area contributed by atoms with Gasteiger partial charge in [-0.3, -0.25) is 14.7 Å². The molecule has 1 fully saturated rings. The summed E-state index contributed by atoms with van der Waals surface area (Å²) in [5.74, 6) is 2.29. The Bertz CT molecular complexity index is 954. The molecule has 2 bridgehead atoms. The molecule has 1 heterocycles. The summed E-state index contributed by atoms with van der Waals surface area (Å²) in [7, 11) is 0. The highest BCUT2D eigenvalue weighted by molar-refractivity contribution is 7.99. The zero-order chi connectivity index (χ0) is 20.4. The van der Waals surface area contributed by atoms with Gasteiger partial charge in [0.2, 0.25) is 11.1 Å². The maximum atomic E-state index is 12.7. The van der Waals surface area contributed by atoms with Crippen LogP contribution < -0.4 is 10.6 Å². The molecule has 2 aromatic rings. The minimum Gasteiger partial charge on any atom is -0.351 e. The van der Waals surface area contributed by atoms with Crippen LogP contribution in [0.3, 0.4) is 0 Å². The predicted molar refractivity (Wildman–Crippen MR) is 113 cm³/mol. The molecule has 1 saturated carbocycles. The average Bonchev–Trinajstić information content (AvgIpc) is 3.44. The Hall–Kier alpha value is -2.61. The van der Waals surface area contributed by atoms with Crippen molar-refractivity contribution in [3.05, 3.63) is 47.3 Å². The molecule has 0 unspecified atom stereocenters. The molecule has 1 aromatic heterocycles. The van der Waals surface area contributed by atoms with Crippen LogP contribution in [0.25, 0.3) is 0 Å². The number of thioether (sulfide) groups is 1. The SMILES string of the molecule is Cc1nc(SCCNC(=O)c2ccc(C)c(NC(=O)[C@@H]3C[C@@H]4C=C[C@H]3C4)c2)n[nH]1. The van der Waals surface area contributed by atoms with Crippen LogP contribution in [0.4, 0.5) is 5.69 Å². The van der Waals surface area contributed by atoms with E-state index in [1.807, 2.05) is 19.9 Å². The molecule has 2 aliphatic rings. The summed E-state index contributed by atoms with van der Waals surface area (Å²) in [4.78, 5) is 29.4. The van der Waals surface area contributed by atoms with Gasteiger partial charge in [-0.25, -0.2) is 4.98 Å². The van der Waals surface area contributed by atoms with Crippen molar-refractivity contribution in [2.45, 2.75) is 31.8 Å². The van der Waals surface area contributed by atoms with Gasteiger partial charge >= 0.3 is 0 Å². The number of allylic oxidation sites excluding steroid dienone is 2. The molecular formula is C21H25N5O2S. The number of benzene rings is 1. The lowest BCUT2D eigenvalue weighted by Gasteiger charge is -2.19. The molecule has 1 aromatic carbocycles. The summed E-state index contributed by atoms with van der Waals surface area (Å²) in [6.07, 6.45) is 6.42. The Balaban J connectivity index is 1.31. The summed E-state index contributed by atoms with van der Waals surface area (Å²) in [6.45, 7) is 4.29. The molecule has 3 N–H and O–H groups in total. The van der Waals surface area contributed by atoms with Crippen molar-refractivity contribution in [1.29, 1.82) is 0 Å². The zero-order valence-electron chi connectivity index (χ0n) is 16.6. The van der Waals surface area contributed by atoms with E-state index < -0.39 is 0 Å². The number of aromatic nitrogens is 3. The fraction of sp³-hybridized carbons (Fsp3) is 0.429. The number of hydrogen-bond acceptors (Lipinski definition) is 5. The van der Waals surface area contributed by atoms with Crippen molar-refractivity contribution in [3.8, 4) is 0 Å². The number of nitrogens with zero attached hydrogens (tertiary/aromatic N) is 2. The van der Waals surface area contributed by atoms with Gasteiger partial charge in [-0.1, -0.05) is 30.0 Å². The van der Waals surface area contributed by atoms with Gasteiger partial charge in [-0.2, -0.15) is 0 Å². The first-order valence-electron chi connectivity index (χ1n) is 9.89. The van der Waals surface area contributed by atoms with E-state index >= 15 is 0 Å². The van der Waals surface area contributed by atoms with Crippen molar-refractivity contribution in [2.75, 3.05) is 17.6 Å². The van der Waals surface area contributed by atoms with Gasteiger partial charge < -0.3 is 10.6 Å². The van der Waals surface area contributed by atoms with Gasteiger partial charge in [0.1, 0.15) is 5.82 Å². The maximum Gasteiger partial charge on any atom is 0.251 e. The Labute approximate surface area is 174 Å². The van der Waals surface area contributed by atoms with Gasteiger partial charge in [-0.05, 0) is 56.2 Å². The van der Waals surface area contributed by atoms with Gasteiger partial charge in [0, 0.05) is 29.5 Å². The van der Waals surface area contributed by atoms with Crippen molar-refractivity contribution in [1.82, 2.24) is 20.5 Å². The highest BCUT2D eigenvalue weighted by Gasteiger charge is 2.39. The molecule has 3 atom stereocenters. The standard InChI is InChI=1S/C21H25N5O2S/c1-12-3-5-16(19(27)22-7-8-29-21-23-13(2)25-26-21)11-18(12)24-20(28)17-10-14-4-6-15(17)9-14/h3-6,11,14-15,17H,7-10H2,1-2H3,(H,22,27)(H,24,28)(H,23,25,26)/t14-,15+,17-/m1/s1. The molecule has 0 saturated heterocycles. The minimum absolute atomic E-state index is 0.0400. The van der Waals surface area contributed by atoms with Gasteiger partial charge in [0.25, 0.3) is 5.91 Å². The van der Waals surface area contributed by atoms with E-state index in [9.17, 15) is 9.59 Å². The smallest absolute Gasteiger partial charge is 0.251 e. The molecule has 152 valence electrons. The second-order valence-corrected chi connectivity index (χ2v) is 8.78. The van der Waals surface area contributed by atoms with Crippen LogP contribution in [0.15, 0.2) is 35.5 Å². The van der Waals surface area contributed by atoms with Crippen LogP contribution in [-0.4, -0.2) is 39.3 Å². The fourth-order valence-electron chi connectivity index (χ4n) is 4.00. The van der Waals surface area contributed by atoms with E-state index in [0.29, 0.717) is 40.5 Å². The third-order valence-electron chi connectivity index (χ3n) is 5.57. The number of carbonyl (C=O) groups is 2. The fourth-order valence-corrected chi connectivity index (χ4v) is 4.70. The minimum atomic E-state index is -0.157. The summed E-state index contributed by atoms with van der Waals surface area (Å²) >= 11 is 1.48. The largest absolute Gasteiger partial charge is 0.351 e. The van der Waals surface area contributed by atoms with Crippen LogP contribution in [0, 0.1) is 31.6 Å². The van der Waals surface area contributed by atoms with E-state index in [1.54, 1.807) is 12.1 Å². The lowest BCUT2D eigenvalue weighted by Crippen LogP contribution is -2.27. The van der Waals surface area contributed by atoms with Crippen molar-refractivity contribution < 1.29 is 9.59 Å². The van der Waals surface area contributed by atoms with Crippen molar-refractivity contribution in [2.24, 2.45) is 17.8 Å². The Morgan fingerprint density at radius 2 is 2.10 bits per heavy atom. The molecule has 4 rings (SSSR count). The topological polar surface area (TPSA) is 99.8 Å². The van der Waals surface area contributed by atoms with Gasteiger partial charge in [-0.15, -0.1) is 5.10 Å². The number of aryl methyl sites for hydroxylation is 2. The molecule has 7 nitrogen and oxygen atoms in total. The maximum absolute atomic E-state index is 12.7. The second kappa shape index (κ2) is 8.41. The van der Waals surface area contributed by atoms with Crippen LogP contribution in [0.5, 0.6) is 0 Å². The normalized spacial score (nSPS) is 22.1. The molecular weight excluding hydrogens is 386 g/mol. The van der Waals surface area contributed by atoms with E-state index in [4.69, 9.17) is 0 Å². The third-order valence-corrected chi connectivity index (χ3v) is 6.42. The first-order valence-corrected chi connectivity index (χ1v) is 10.9. The quantitative estimate of drug-likeness (QED) is 0.369. The van der Waals surface area contributed by atoms with E-state index in [-0.39, 0.29) is 17.7 Å². The summed E-state index contributed by atoms with van der Waals surface area (Å²) in [5.41, 5.74) is 2.20.